The molecule has 5 nitrogen and oxygen atoms in total. The van der Waals surface area contributed by atoms with Crippen LogP contribution >= 0.6 is 15.9 Å². The van der Waals surface area contributed by atoms with Crippen LogP contribution in [0.3, 0.4) is 0 Å². The van der Waals surface area contributed by atoms with Gasteiger partial charge in [-0.1, -0.05) is 0 Å². The van der Waals surface area contributed by atoms with Gasteiger partial charge in [0.05, 0.1) is 25.6 Å². The quantitative estimate of drug-likeness (QED) is 0.668. The molecule has 1 aromatic heterocycles. The lowest BCUT2D eigenvalue weighted by Gasteiger charge is -2.13. The summed E-state index contributed by atoms with van der Waals surface area (Å²) in [5.74, 6) is 6.77. The Kier molecular flexibility index (Phi) is 4.24. The van der Waals surface area contributed by atoms with Crippen LogP contribution < -0.4 is 20.7 Å². The first kappa shape index (κ1) is 13.6. The van der Waals surface area contributed by atoms with Gasteiger partial charge in [0.15, 0.2) is 0 Å². The Hall–Kier alpha value is -1.79. The summed E-state index contributed by atoms with van der Waals surface area (Å²) in [5.41, 5.74) is 4.99. The van der Waals surface area contributed by atoms with Crippen molar-refractivity contribution in [3.8, 4) is 22.8 Å². The maximum atomic E-state index is 5.43. The van der Waals surface area contributed by atoms with Crippen molar-refractivity contribution in [3.63, 3.8) is 0 Å². The van der Waals surface area contributed by atoms with Gasteiger partial charge in [-0.15, -0.1) is 0 Å². The number of pyridine rings is 1. The van der Waals surface area contributed by atoms with Crippen molar-refractivity contribution < 1.29 is 9.47 Å². The Bertz CT molecular complexity index is 590. The molecular formula is C13H14BrN3O2. The van der Waals surface area contributed by atoms with Gasteiger partial charge in [-0.25, -0.2) is 0 Å². The number of anilines is 1. The molecule has 19 heavy (non-hydrogen) atoms. The standard InChI is InChI=1S/C13H14BrN3O2/c1-18-11-4-3-9(13(19-2)12(11)14)10-7-8(17-15)5-6-16-10/h3-7H,15H2,1-2H3,(H,16,17). The lowest BCUT2D eigenvalue weighted by Crippen LogP contribution is -2.06. The molecule has 0 saturated carbocycles. The zero-order valence-electron chi connectivity index (χ0n) is 10.6. The number of aromatic nitrogens is 1. The van der Waals surface area contributed by atoms with E-state index in [-0.39, 0.29) is 0 Å². The number of nitrogens with zero attached hydrogens (tertiary/aromatic N) is 1. The molecule has 0 aliphatic heterocycles. The summed E-state index contributed by atoms with van der Waals surface area (Å²) in [5, 5.41) is 0. The van der Waals surface area contributed by atoms with Crippen LogP contribution in [0.2, 0.25) is 0 Å². The van der Waals surface area contributed by atoms with Crippen molar-refractivity contribution in [1.82, 2.24) is 4.98 Å². The highest BCUT2D eigenvalue weighted by molar-refractivity contribution is 9.10. The molecule has 2 rings (SSSR count). The molecule has 2 aromatic rings. The molecule has 0 atom stereocenters. The number of nitrogens with one attached hydrogen (secondary N) is 1. The van der Waals surface area contributed by atoms with E-state index in [1.165, 1.54) is 0 Å². The van der Waals surface area contributed by atoms with E-state index in [9.17, 15) is 0 Å². The van der Waals surface area contributed by atoms with Crippen LogP contribution in [0.15, 0.2) is 34.9 Å². The van der Waals surface area contributed by atoms with Crippen LogP contribution in [0.25, 0.3) is 11.3 Å². The molecule has 0 amide bonds. The molecule has 0 aliphatic rings. The summed E-state index contributed by atoms with van der Waals surface area (Å²) in [6.45, 7) is 0. The average molecular weight is 324 g/mol. The highest BCUT2D eigenvalue weighted by Gasteiger charge is 2.15. The predicted octanol–water partition coefficient (Wildman–Crippen LogP) is 2.81. The van der Waals surface area contributed by atoms with Crippen molar-refractivity contribution in [3.05, 3.63) is 34.9 Å². The molecular weight excluding hydrogens is 310 g/mol. The minimum atomic E-state index is 0.668. The Balaban J connectivity index is 2.58. The Morgan fingerprint density at radius 1 is 1.21 bits per heavy atom. The zero-order chi connectivity index (χ0) is 13.8. The number of benzene rings is 1. The highest BCUT2D eigenvalue weighted by atomic mass is 79.9. The third-order valence-corrected chi connectivity index (χ3v) is 3.44. The van der Waals surface area contributed by atoms with Gasteiger partial charge in [-0.05, 0) is 40.2 Å². The van der Waals surface area contributed by atoms with Gasteiger partial charge in [0, 0.05) is 11.8 Å². The third kappa shape index (κ3) is 2.64. The number of rotatable bonds is 4. The molecule has 0 bridgehead atoms. The first-order chi connectivity index (χ1) is 9.21. The monoisotopic (exact) mass is 323 g/mol. The fourth-order valence-corrected chi connectivity index (χ4v) is 2.43. The smallest absolute Gasteiger partial charge is 0.146 e. The minimum Gasteiger partial charge on any atom is -0.495 e. The molecule has 6 heteroatoms. The van der Waals surface area contributed by atoms with Gasteiger partial charge < -0.3 is 14.9 Å². The Morgan fingerprint density at radius 3 is 2.63 bits per heavy atom. The average Bonchev–Trinajstić information content (AvgIpc) is 2.47. The van der Waals surface area contributed by atoms with Crippen LogP contribution in [0, 0.1) is 0 Å². The van der Waals surface area contributed by atoms with Crippen molar-refractivity contribution in [2.45, 2.75) is 0 Å². The van der Waals surface area contributed by atoms with Gasteiger partial charge in [0.1, 0.15) is 16.0 Å². The number of halogens is 1. The predicted molar refractivity (Wildman–Crippen MR) is 78.3 cm³/mol. The summed E-state index contributed by atoms with van der Waals surface area (Å²) in [7, 11) is 3.21. The summed E-state index contributed by atoms with van der Waals surface area (Å²) in [6.07, 6.45) is 1.68. The van der Waals surface area contributed by atoms with Crippen molar-refractivity contribution in [1.29, 1.82) is 0 Å². The van der Waals surface area contributed by atoms with Crippen molar-refractivity contribution in [2.75, 3.05) is 19.6 Å². The largest absolute Gasteiger partial charge is 0.495 e. The fourth-order valence-electron chi connectivity index (χ4n) is 1.76. The van der Waals surface area contributed by atoms with Crippen LogP contribution in [-0.4, -0.2) is 19.2 Å². The SMILES string of the molecule is COc1ccc(-c2cc(NN)ccn2)c(OC)c1Br. The molecule has 0 radical (unpaired) electrons. The first-order valence-electron chi connectivity index (χ1n) is 5.54. The van der Waals surface area contributed by atoms with E-state index in [0.29, 0.717) is 11.5 Å². The zero-order valence-corrected chi connectivity index (χ0v) is 12.2. The number of nitrogen functional groups attached to an aromatic ring is 1. The number of ether oxygens (including phenoxy) is 2. The topological polar surface area (TPSA) is 69.4 Å². The van der Waals surface area contributed by atoms with E-state index in [4.69, 9.17) is 15.3 Å². The van der Waals surface area contributed by atoms with E-state index in [1.54, 1.807) is 26.5 Å². The molecule has 3 N–H and O–H groups in total. The maximum absolute atomic E-state index is 5.43. The number of hydrogen-bond acceptors (Lipinski definition) is 5. The maximum Gasteiger partial charge on any atom is 0.146 e. The molecule has 0 unspecified atom stereocenters. The van der Waals surface area contributed by atoms with Gasteiger partial charge in [-0.3, -0.25) is 10.8 Å². The normalized spacial score (nSPS) is 10.1. The number of hydrogen-bond donors (Lipinski definition) is 2. The van der Waals surface area contributed by atoms with Crippen LogP contribution in [0.1, 0.15) is 0 Å². The molecule has 0 saturated heterocycles. The number of nitrogens with two attached hydrogens (primary N) is 1. The molecule has 0 spiro atoms. The third-order valence-electron chi connectivity index (χ3n) is 2.69. The molecule has 0 aliphatic carbocycles. The van der Waals surface area contributed by atoms with Gasteiger partial charge in [-0.2, -0.15) is 0 Å². The second-order valence-electron chi connectivity index (χ2n) is 3.74. The summed E-state index contributed by atoms with van der Waals surface area (Å²) < 4.78 is 11.4. The number of methoxy groups -OCH3 is 2. The fraction of sp³-hybridized carbons (Fsp3) is 0.154. The summed E-state index contributed by atoms with van der Waals surface area (Å²) >= 11 is 3.47. The van der Waals surface area contributed by atoms with Crippen molar-refractivity contribution in [2.24, 2.45) is 5.84 Å². The molecule has 1 aromatic carbocycles. The van der Waals surface area contributed by atoms with Crippen LogP contribution in [0.5, 0.6) is 11.5 Å². The van der Waals surface area contributed by atoms with E-state index >= 15 is 0 Å². The summed E-state index contributed by atoms with van der Waals surface area (Å²) in [4.78, 5) is 4.33. The van der Waals surface area contributed by atoms with E-state index < -0.39 is 0 Å². The lowest BCUT2D eigenvalue weighted by atomic mass is 10.1. The van der Waals surface area contributed by atoms with E-state index in [0.717, 1.165) is 21.4 Å². The highest BCUT2D eigenvalue weighted by Crippen LogP contribution is 2.41. The van der Waals surface area contributed by atoms with E-state index in [2.05, 4.69) is 26.3 Å². The molecule has 0 fully saturated rings. The number of hydrazine groups is 1. The second-order valence-corrected chi connectivity index (χ2v) is 4.53. The lowest BCUT2D eigenvalue weighted by molar-refractivity contribution is 0.390. The van der Waals surface area contributed by atoms with Gasteiger partial charge in [0.25, 0.3) is 0 Å². The Labute approximate surface area is 119 Å². The van der Waals surface area contributed by atoms with Gasteiger partial charge >= 0.3 is 0 Å². The van der Waals surface area contributed by atoms with Gasteiger partial charge in [0.2, 0.25) is 0 Å². The summed E-state index contributed by atoms with van der Waals surface area (Å²) in [6, 6.07) is 7.38. The Morgan fingerprint density at radius 2 is 2.00 bits per heavy atom. The van der Waals surface area contributed by atoms with Crippen molar-refractivity contribution >= 4 is 21.6 Å². The molecule has 1 heterocycles. The first-order valence-corrected chi connectivity index (χ1v) is 6.34. The molecule has 100 valence electrons. The van der Waals surface area contributed by atoms with E-state index in [1.807, 2.05) is 18.2 Å². The minimum absolute atomic E-state index is 0.668. The second kappa shape index (κ2) is 5.90. The van der Waals surface area contributed by atoms with Crippen LogP contribution in [-0.2, 0) is 0 Å². The van der Waals surface area contributed by atoms with Crippen LogP contribution in [0.4, 0.5) is 5.69 Å².